The fourth-order valence-corrected chi connectivity index (χ4v) is 2.36. The number of imidazole rings is 1. The van der Waals surface area contributed by atoms with Crippen LogP contribution in [0.2, 0.25) is 0 Å². The third kappa shape index (κ3) is 4.08. The Kier molecular flexibility index (Phi) is 5.81. The topological polar surface area (TPSA) is 39.1 Å². The first-order chi connectivity index (χ1) is 10.3. The molecule has 1 aromatic carbocycles. The monoisotopic (exact) mass is 287 g/mol. The van der Waals surface area contributed by atoms with Crippen LogP contribution in [-0.2, 0) is 19.7 Å². The van der Waals surface area contributed by atoms with Crippen molar-refractivity contribution in [3.05, 3.63) is 47.5 Å². The minimum Gasteiger partial charge on any atom is -0.487 e. The van der Waals surface area contributed by atoms with E-state index in [1.807, 2.05) is 12.5 Å². The second kappa shape index (κ2) is 7.84. The molecule has 21 heavy (non-hydrogen) atoms. The highest BCUT2D eigenvalue weighted by Gasteiger charge is 2.08. The molecule has 4 nitrogen and oxygen atoms in total. The maximum Gasteiger partial charge on any atom is 0.130 e. The van der Waals surface area contributed by atoms with E-state index in [4.69, 9.17) is 4.74 Å². The van der Waals surface area contributed by atoms with Crippen LogP contribution in [0.4, 0.5) is 0 Å². The van der Waals surface area contributed by atoms with Crippen LogP contribution in [0, 0.1) is 6.92 Å². The maximum atomic E-state index is 6.08. The van der Waals surface area contributed by atoms with Crippen molar-refractivity contribution in [1.29, 1.82) is 0 Å². The van der Waals surface area contributed by atoms with Crippen molar-refractivity contribution < 1.29 is 4.74 Å². The summed E-state index contributed by atoms with van der Waals surface area (Å²) in [6.07, 6.45) is 4.86. The number of hydrogen-bond donors (Lipinski definition) is 1. The predicted molar refractivity (Wildman–Crippen MR) is 85.4 cm³/mol. The highest BCUT2D eigenvalue weighted by molar-refractivity contribution is 5.40. The third-order valence-corrected chi connectivity index (χ3v) is 3.54. The van der Waals surface area contributed by atoms with Crippen LogP contribution in [-0.4, -0.2) is 16.1 Å². The van der Waals surface area contributed by atoms with Crippen LogP contribution in [0.15, 0.2) is 30.7 Å². The molecule has 4 heteroatoms. The molecule has 0 spiro atoms. The van der Waals surface area contributed by atoms with E-state index in [1.165, 1.54) is 11.1 Å². The molecule has 0 bridgehead atoms. The summed E-state index contributed by atoms with van der Waals surface area (Å²) >= 11 is 0. The lowest BCUT2D eigenvalue weighted by Crippen LogP contribution is -2.15. The van der Waals surface area contributed by atoms with Gasteiger partial charge in [-0.15, -0.1) is 0 Å². The summed E-state index contributed by atoms with van der Waals surface area (Å²) in [5, 5.41) is 3.44. The molecule has 0 fully saturated rings. The molecule has 0 saturated carbocycles. The first kappa shape index (κ1) is 15.6. The number of rotatable bonds is 8. The second-order valence-corrected chi connectivity index (χ2v) is 5.20. The van der Waals surface area contributed by atoms with Crippen LogP contribution >= 0.6 is 0 Å². The highest BCUT2D eigenvalue weighted by atomic mass is 16.5. The first-order valence-corrected chi connectivity index (χ1v) is 7.67. The summed E-state index contributed by atoms with van der Waals surface area (Å²) in [5.74, 6) is 0.991. The molecule has 2 aromatic rings. The Hall–Kier alpha value is -1.81. The largest absolute Gasteiger partial charge is 0.487 e. The molecule has 114 valence electrons. The number of hydrogen-bond acceptors (Lipinski definition) is 3. The molecule has 1 N–H and O–H groups in total. The lowest BCUT2D eigenvalue weighted by molar-refractivity contribution is 0.289. The second-order valence-electron chi connectivity index (χ2n) is 5.20. The molecule has 2 rings (SSSR count). The van der Waals surface area contributed by atoms with E-state index in [2.05, 4.69) is 53.8 Å². The SMILES string of the molecule is CCCNCc1cccc(C)c1OCc1cncn1CC. The van der Waals surface area contributed by atoms with Gasteiger partial charge in [0.15, 0.2) is 0 Å². The number of para-hydroxylation sites is 1. The van der Waals surface area contributed by atoms with Crippen molar-refractivity contribution in [1.82, 2.24) is 14.9 Å². The van der Waals surface area contributed by atoms with Crippen molar-refractivity contribution in [2.24, 2.45) is 0 Å². The quantitative estimate of drug-likeness (QED) is 0.757. The summed E-state index contributed by atoms with van der Waals surface area (Å²) in [6, 6.07) is 6.30. The minimum absolute atomic E-state index is 0.555. The van der Waals surface area contributed by atoms with Crippen molar-refractivity contribution in [3.63, 3.8) is 0 Å². The Morgan fingerprint density at radius 1 is 1.29 bits per heavy atom. The summed E-state index contributed by atoms with van der Waals surface area (Å²) in [6.45, 7) is 9.71. The Labute approximate surface area is 127 Å². The van der Waals surface area contributed by atoms with Crippen LogP contribution < -0.4 is 10.1 Å². The van der Waals surface area contributed by atoms with Gasteiger partial charge in [-0.05, 0) is 32.4 Å². The minimum atomic E-state index is 0.555. The number of aromatic nitrogens is 2. The fourth-order valence-electron chi connectivity index (χ4n) is 2.36. The van der Waals surface area contributed by atoms with Gasteiger partial charge in [0.05, 0.1) is 18.2 Å². The van der Waals surface area contributed by atoms with Crippen molar-refractivity contribution >= 4 is 0 Å². The molecular formula is C17H25N3O. The Balaban J connectivity index is 2.07. The molecule has 0 unspecified atom stereocenters. The number of aryl methyl sites for hydroxylation is 2. The normalized spacial score (nSPS) is 10.8. The lowest BCUT2D eigenvalue weighted by Gasteiger charge is -2.15. The highest BCUT2D eigenvalue weighted by Crippen LogP contribution is 2.24. The standard InChI is InChI=1S/C17H25N3O/c1-4-9-18-10-15-8-6-7-14(3)17(15)21-12-16-11-19-13-20(16)5-2/h6-8,11,13,18H,4-5,9-10,12H2,1-3H3. The number of benzene rings is 1. The molecular weight excluding hydrogens is 262 g/mol. The zero-order valence-corrected chi connectivity index (χ0v) is 13.2. The number of nitrogens with zero attached hydrogens (tertiary/aromatic N) is 2. The van der Waals surface area contributed by atoms with Gasteiger partial charge in [-0.25, -0.2) is 4.98 Å². The smallest absolute Gasteiger partial charge is 0.130 e. The molecule has 1 heterocycles. The Morgan fingerprint density at radius 3 is 2.90 bits per heavy atom. The molecule has 0 aliphatic heterocycles. The molecule has 0 aliphatic carbocycles. The lowest BCUT2D eigenvalue weighted by atomic mass is 10.1. The van der Waals surface area contributed by atoms with Gasteiger partial charge in [-0.2, -0.15) is 0 Å². The number of ether oxygens (including phenoxy) is 1. The summed E-state index contributed by atoms with van der Waals surface area (Å²) in [7, 11) is 0. The number of nitrogens with one attached hydrogen (secondary N) is 1. The van der Waals surface area contributed by atoms with Crippen molar-refractivity contribution in [3.8, 4) is 5.75 Å². The van der Waals surface area contributed by atoms with E-state index in [-0.39, 0.29) is 0 Å². The third-order valence-electron chi connectivity index (χ3n) is 3.54. The zero-order chi connectivity index (χ0) is 15.1. The molecule has 1 aromatic heterocycles. The van der Waals surface area contributed by atoms with Gasteiger partial charge in [-0.3, -0.25) is 0 Å². The molecule has 0 amide bonds. The average molecular weight is 287 g/mol. The van der Waals surface area contributed by atoms with Crippen molar-refractivity contribution in [2.45, 2.75) is 46.9 Å². The van der Waals surface area contributed by atoms with Crippen LogP contribution in [0.5, 0.6) is 5.75 Å². The summed E-state index contributed by atoms with van der Waals surface area (Å²) in [4.78, 5) is 4.18. The van der Waals surface area contributed by atoms with E-state index in [0.29, 0.717) is 6.61 Å². The van der Waals surface area contributed by atoms with Gasteiger partial charge in [0, 0.05) is 18.7 Å². The molecule has 0 radical (unpaired) electrons. The molecule has 0 atom stereocenters. The first-order valence-electron chi connectivity index (χ1n) is 7.67. The fraction of sp³-hybridized carbons (Fsp3) is 0.471. The van der Waals surface area contributed by atoms with Crippen LogP contribution in [0.3, 0.4) is 0 Å². The van der Waals surface area contributed by atoms with Crippen molar-refractivity contribution in [2.75, 3.05) is 6.54 Å². The van der Waals surface area contributed by atoms with E-state index >= 15 is 0 Å². The van der Waals surface area contributed by atoms with E-state index in [9.17, 15) is 0 Å². The van der Waals surface area contributed by atoms with E-state index < -0.39 is 0 Å². The Morgan fingerprint density at radius 2 is 2.14 bits per heavy atom. The van der Waals surface area contributed by atoms with Crippen LogP contribution in [0.25, 0.3) is 0 Å². The Bertz CT molecular complexity index is 563. The zero-order valence-electron chi connectivity index (χ0n) is 13.2. The van der Waals surface area contributed by atoms with Gasteiger partial charge < -0.3 is 14.6 Å². The molecule has 0 saturated heterocycles. The van der Waals surface area contributed by atoms with Gasteiger partial charge in [-0.1, -0.05) is 25.1 Å². The van der Waals surface area contributed by atoms with Gasteiger partial charge >= 0.3 is 0 Å². The average Bonchev–Trinajstić information content (AvgIpc) is 2.94. The summed E-state index contributed by atoms with van der Waals surface area (Å²) in [5.41, 5.74) is 3.49. The molecule has 0 aliphatic rings. The van der Waals surface area contributed by atoms with Gasteiger partial charge in [0.1, 0.15) is 12.4 Å². The van der Waals surface area contributed by atoms with E-state index in [0.717, 1.165) is 37.5 Å². The van der Waals surface area contributed by atoms with Gasteiger partial charge in [0.25, 0.3) is 0 Å². The maximum absolute atomic E-state index is 6.08. The van der Waals surface area contributed by atoms with Gasteiger partial charge in [0.2, 0.25) is 0 Å². The summed E-state index contributed by atoms with van der Waals surface area (Å²) < 4.78 is 8.19. The van der Waals surface area contributed by atoms with E-state index in [1.54, 1.807) is 0 Å². The van der Waals surface area contributed by atoms with Crippen LogP contribution in [0.1, 0.15) is 37.1 Å². The predicted octanol–water partition coefficient (Wildman–Crippen LogP) is 3.29.